The van der Waals surface area contributed by atoms with E-state index in [1.807, 2.05) is 12.1 Å². The van der Waals surface area contributed by atoms with Gasteiger partial charge in [-0.15, -0.1) is 0 Å². The van der Waals surface area contributed by atoms with Crippen molar-refractivity contribution in [2.24, 2.45) is 0 Å². The lowest BCUT2D eigenvalue weighted by atomic mass is 9.92. The normalized spacial score (nSPS) is 15.9. The van der Waals surface area contributed by atoms with Crippen LogP contribution in [0.25, 0.3) is 0 Å². The number of nitrogens with one attached hydrogen (secondary N) is 1. The Morgan fingerprint density at radius 1 is 1.14 bits per heavy atom. The van der Waals surface area contributed by atoms with E-state index in [1.165, 1.54) is 24.5 Å². The molecule has 0 spiro atoms. The molecule has 1 aliphatic carbocycles. The van der Waals surface area contributed by atoms with Gasteiger partial charge < -0.3 is 5.32 Å². The summed E-state index contributed by atoms with van der Waals surface area (Å²) in [4.78, 5) is 0. The Kier molecular flexibility index (Phi) is 4.71. The van der Waals surface area contributed by atoms with Crippen LogP contribution in [0.4, 0.5) is 4.39 Å². The first-order valence-corrected chi connectivity index (χ1v) is 8.23. The zero-order valence-electron chi connectivity index (χ0n) is 11.9. The molecule has 3 rings (SSSR count). The van der Waals surface area contributed by atoms with Crippen molar-refractivity contribution in [3.63, 3.8) is 0 Å². The Bertz CT molecular complexity index is 575. The van der Waals surface area contributed by atoms with Crippen LogP contribution < -0.4 is 5.32 Å². The smallest absolute Gasteiger partial charge is 0.124 e. The minimum atomic E-state index is -0.179. The van der Waals surface area contributed by atoms with Crippen molar-refractivity contribution >= 4 is 15.9 Å². The van der Waals surface area contributed by atoms with Gasteiger partial charge in [-0.2, -0.15) is 0 Å². The molecule has 110 valence electrons. The molecule has 1 saturated carbocycles. The molecule has 0 heterocycles. The molecular weight excluding hydrogens is 329 g/mol. The molecule has 2 aromatic rings. The van der Waals surface area contributed by atoms with Gasteiger partial charge in [0.1, 0.15) is 5.82 Å². The van der Waals surface area contributed by atoms with Crippen LogP contribution in [0.5, 0.6) is 0 Å². The largest absolute Gasteiger partial charge is 0.313 e. The van der Waals surface area contributed by atoms with E-state index < -0.39 is 0 Å². The van der Waals surface area contributed by atoms with Crippen molar-refractivity contribution in [2.45, 2.75) is 31.2 Å². The van der Waals surface area contributed by atoms with Gasteiger partial charge in [0.05, 0.1) is 0 Å². The first-order chi connectivity index (χ1) is 10.2. The lowest BCUT2D eigenvalue weighted by Crippen LogP contribution is -2.24. The maximum Gasteiger partial charge on any atom is 0.124 e. The maximum atomic E-state index is 13.6. The van der Waals surface area contributed by atoms with Gasteiger partial charge in [0, 0.05) is 23.0 Å². The summed E-state index contributed by atoms with van der Waals surface area (Å²) >= 11 is 3.38. The number of hydrogen-bond donors (Lipinski definition) is 1. The second-order valence-electron chi connectivity index (χ2n) is 5.77. The first-order valence-electron chi connectivity index (χ1n) is 7.44. The monoisotopic (exact) mass is 347 g/mol. The summed E-state index contributed by atoms with van der Waals surface area (Å²) in [6.07, 6.45) is 3.42. The van der Waals surface area contributed by atoms with E-state index in [2.05, 4.69) is 45.5 Å². The highest BCUT2D eigenvalue weighted by Gasteiger charge is 2.22. The van der Waals surface area contributed by atoms with Gasteiger partial charge in [0.25, 0.3) is 0 Å². The highest BCUT2D eigenvalue weighted by Crippen LogP contribution is 2.25. The predicted molar refractivity (Wildman–Crippen MR) is 88.0 cm³/mol. The molecule has 1 N–H and O–H groups in total. The summed E-state index contributed by atoms with van der Waals surface area (Å²) in [5.41, 5.74) is 2.35. The molecule has 1 nitrogen and oxygen atoms in total. The summed E-state index contributed by atoms with van der Waals surface area (Å²) in [7, 11) is 0. The zero-order valence-corrected chi connectivity index (χ0v) is 13.4. The van der Waals surface area contributed by atoms with Crippen LogP contribution in [0, 0.1) is 5.82 Å². The predicted octanol–water partition coefficient (Wildman–Crippen LogP) is 4.67. The summed E-state index contributed by atoms with van der Waals surface area (Å²) in [6, 6.07) is 16.3. The molecule has 0 amide bonds. The van der Waals surface area contributed by atoms with Crippen LogP contribution in [0.2, 0.25) is 0 Å². The van der Waals surface area contributed by atoms with Gasteiger partial charge in [-0.1, -0.05) is 46.3 Å². The van der Waals surface area contributed by atoms with Crippen molar-refractivity contribution in [1.29, 1.82) is 0 Å². The van der Waals surface area contributed by atoms with Crippen molar-refractivity contribution < 1.29 is 4.39 Å². The third-order valence-corrected chi connectivity index (χ3v) is 4.36. The van der Waals surface area contributed by atoms with E-state index in [4.69, 9.17) is 0 Å². The molecular formula is C18H19BrFN. The third kappa shape index (κ3) is 4.39. The standard InChI is InChI=1S/C18H19BrFN/c19-16-9-13(10-17(20)11-16)8-15(12-21-18-6-7-18)14-4-2-1-3-5-14/h1-5,9-11,15,18,21H,6-8,12H2. The van der Waals surface area contributed by atoms with E-state index in [0.717, 1.165) is 23.0 Å². The maximum absolute atomic E-state index is 13.6. The van der Waals surface area contributed by atoms with Crippen molar-refractivity contribution in [3.05, 3.63) is 69.9 Å². The number of halogens is 2. The van der Waals surface area contributed by atoms with Crippen LogP contribution in [0.3, 0.4) is 0 Å². The molecule has 3 heteroatoms. The van der Waals surface area contributed by atoms with Gasteiger partial charge in [0.15, 0.2) is 0 Å². The van der Waals surface area contributed by atoms with Crippen molar-refractivity contribution in [2.75, 3.05) is 6.54 Å². The van der Waals surface area contributed by atoms with Crippen LogP contribution >= 0.6 is 15.9 Å². The summed E-state index contributed by atoms with van der Waals surface area (Å²) < 4.78 is 14.4. The number of hydrogen-bond acceptors (Lipinski definition) is 1. The second kappa shape index (κ2) is 6.71. The topological polar surface area (TPSA) is 12.0 Å². The average Bonchev–Trinajstić information content (AvgIpc) is 3.27. The van der Waals surface area contributed by atoms with Crippen molar-refractivity contribution in [1.82, 2.24) is 5.32 Å². The Balaban J connectivity index is 1.77. The molecule has 0 aromatic heterocycles. The molecule has 1 unspecified atom stereocenters. The average molecular weight is 348 g/mol. The zero-order chi connectivity index (χ0) is 14.7. The molecule has 0 aliphatic heterocycles. The molecule has 0 radical (unpaired) electrons. The van der Waals surface area contributed by atoms with Gasteiger partial charge >= 0.3 is 0 Å². The van der Waals surface area contributed by atoms with Crippen LogP contribution in [0.15, 0.2) is 53.0 Å². The quantitative estimate of drug-likeness (QED) is 0.800. The van der Waals surface area contributed by atoms with E-state index in [-0.39, 0.29) is 5.82 Å². The highest BCUT2D eigenvalue weighted by atomic mass is 79.9. The molecule has 1 fully saturated rings. The van der Waals surface area contributed by atoms with Gasteiger partial charge in [0.2, 0.25) is 0 Å². The molecule has 2 aromatic carbocycles. The van der Waals surface area contributed by atoms with Gasteiger partial charge in [-0.05, 0) is 48.6 Å². The fourth-order valence-corrected chi connectivity index (χ4v) is 3.16. The Labute approximate surface area is 133 Å². The summed E-state index contributed by atoms with van der Waals surface area (Å²) in [6.45, 7) is 0.947. The van der Waals surface area contributed by atoms with Gasteiger partial charge in [-0.25, -0.2) is 4.39 Å². The molecule has 0 saturated heterocycles. The summed E-state index contributed by atoms with van der Waals surface area (Å²) in [5.74, 6) is 0.196. The second-order valence-corrected chi connectivity index (χ2v) is 6.69. The summed E-state index contributed by atoms with van der Waals surface area (Å²) in [5, 5.41) is 3.60. The van der Waals surface area contributed by atoms with E-state index in [0.29, 0.717) is 12.0 Å². The van der Waals surface area contributed by atoms with E-state index in [9.17, 15) is 4.39 Å². The Hall–Kier alpha value is -1.19. The fraction of sp³-hybridized carbons (Fsp3) is 0.333. The van der Waals surface area contributed by atoms with Crippen LogP contribution in [0.1, 0.15) is 29.9 Å². The fourth-order valence-electron chi connectivity index (χ4n) is 2.64. The Morgan fingerprint density at radius 2 is 1.90 bits per heavy atom. The van der Waals surface area contributed by atoms with E-state index >= 15 is 0 Å². The minimum Gasteiger partial charge on any atom is -0.313 e. The molecule has 21 heavy (non-hydrogen) atoms. The van der Waals surface area contributed by atoms with Crippen LogP contribution in [-0.2, 0) is 6.42 Å². The van der Waals surface area contributed by atoms with Crippen LogP contribution in [-0.4, -0.2) is 12.6 Å². The Morgan fingerprint density at radius 3 is 2.57 bits per heavy atom. The number of rotatable bonds is 6. The van der Waals surface area contributed by atoms with Gasteiger partial charge in [-0.3, -0.25) is 0 Å². The lowest BCUT2D eigenvalue weighted by Gasteiger charge is -2.18. The van der Waals surface area contributed by atoms with E-state index in [1.54, 1.807) is 6.07 Å². The first kappa shape index (κ1) is 14.7. The number of benzene rings is 2. The SMILES string of the molecule is Fc1cc(Br)cc(CC(CNC2CC2)c2ccccc2)c1. The third-order valence-electron chi connectivity index (χ3n) is 3.91. The molecule has 0 bridgehead atoms. The highest BCUT2D eigenvalue weighted by molar-refractivity contribution is 9.10. The lowest BCUT2D eigenvalue weighted by molar-refractivity contribution is 0.573. The molecule has 1 aliphatic rings. The molecule has 1 atom stereocenters. The van der Waals surface area contributed by atoms with Crippen molar-refractivity contribution in [3.8, 4) is 0 Å². The minimum absolute atomic E-state index is 0.179.